The highest BCUT2D eigenvalue weighted by molar-refractivity contribution is 5.77. The monoisotopic (exact) mass is 483 g/mol. The molecule has 0 aliphatic carbocycles. The molecule has 0 spiro atoms. The van der Waals surface area contributed by atoms with Crippen molar-refractivity contribution in [2.45, 2.75) is 72.3 Å². The number of esters is 2. The fourth-order valence-corrected chi connectivity index (χ4v) is 3.56. The molecule has 1 saturated heterocycles. The Morgan fingerprint density at radius 3 is 2.14 bits per heavy atom. The van der Waals surface area contributed by atoms with Crippen molar-refractivity contribution in [2.24, 2.45) is 5.92 Å². The lowest BCUT2D eigenvalue weighted by atomic mass is 10.0. The van der Waals surface area contributed by atoms with Crippen molar-refractivity contribution in [1.82, 2.24) is 4.90 Å². The van der Waals surface area contributed by atoms with E-state index in [1.807, 2.05) is 81.4 Å². The van der Waals surface area contributed by atoms with Crippen molar-refractivity contribution in [3.05, 3.63) is 71.8 Å². The minimum absolute atomic E-state index is 0.0416. The number of rotatable bonds is 9. The average molecular weight is 484 g/mol. The molecular formula is C28H37NO6. The number of carbonyl (C=O) groups excluding carboxylic acids is 3. The van der Waals surface area contributed by atoms with E-state index < -0.39 is 6.29 Å². The highest BCUT2D eigenvalue weighted by Crippen LogP contribution is 2.24. The van der Waals surface area contributed by atoms with Crippen LogP contribution in [0, 0.1) is 5.92 Å². The molecule has 7 heteroatoms. The highest BCUT2D eigenvalue weighted by Gasteiger charge is 2.40. The molecule has 0 N–H and O–H groups in total. The maximum absolute atomic E-state index is 12.5. The standard InChI is InChI=1S/C19H27NO4.C9H10O2/c1-4-8-18(22)24-19-16(12-15-9-6-5-7-10-15)20(13-23-19)17(21)11-14(2)3;1-8(10)11-7-9-5-3-2-4-6-9/h5-7,9-10,14,16,19H,4,8,11-13H2,1-3H3;2-6H,7H2,1H3/t16-,19-;/m0./s1. The normalized spacial score (nSPS) is 16.9. The van der Waals surface area contributed by atoms with E-state index in [0.717, 1.165) is 17.5 Å². The number of carbonyl (C=O) groups is 3. The summed E-state index contributed by atoms with van der Waals surface area (Å²) in [5.74, 6) is -0.205. The van der Waals surface area contributed by atoms with Crippen molar-refractivity contribution in [2.75, 3.05) is 6.73 Å². The summed E-state index contributed by atoms with van der Waals surface area (Å²) in [6.45, 7) is 7.91. The van der Waals surface area contributed by atoms with E-state index >= 15 is 0 Å². The fourth-order valence-electron chi connectivity index (χ4n) is 3.56. The zero-order valence-corrected chi connectivity index (χ0v) is 21.1. The highest BCUT2D eigenvalue weighted by atomic mass is 16.7. The van der Waals surface area contributed by atoms with Crippen molar-refractivity contribution in [1.29, 1.82) is 0 Å². The molecule has 0 unspecified atom stereocenters. The molecular weight excluding hydrogens is 446 g/mol. The van der Waals surface area contributed by atoms with Gasteiger partial charge in [0.15, 0.2) is 0 Å². The topological polar surface area (TPSA) is 82.1 Å². The fraction of sp³-hybridized carbons (Fsp3) is 0.464. The lowest BCUT2D eigenvalue weighted by Crippen LogP contribution is -2.42. The molecule has 0 radical (unpaired) electrons. The van der Waals surface area contributed by atoms with Gasteiger partial charge in [0, 0.05) is 19.8 Å². The van der Waals surface area contributed by atoms with Gasteiger partial charge in [0.2, 0.25) is 12.2 Å². The van der Waals surface area contributed by atoms with E-state index in [-0.39, 0.29) is 36.5 Å². The van der Waals surface area contributed by atoms with Crippen LogP contribution in [-0.2, 0) is 41.6 Å². The summed E-state index contributed by atoms with van der Waals surface area (Å²) in [5, 5.41) is 0. The van der Waals surface area contributed by atoms with E-state index in [4.69, 9.17) is 14.2 Å². The molecule has 2 aromatic carbocycles. The van der Waals surface area contributed by atoms with Gasteiger partial charge in [-0.3, -0.25) is 14.4 Å². The Kier molecular flexibility index (Phi) is 12.0. The third-order valence-corrected chi connectivity index (χ3v) is 5.27. The quantitative estimate of drug-likeness (QED) is 0.473. The zero-order valence-electron chi connectivity index (χ0n) is 21.1. The molecule has 7 nitrogen and oxygen atoms in total. The van der Waals surface area contributed by atoms with Crippen LogP contribution in [0.4, 0.5) is 0 Å². The Labute approximate surface area is 208 Å². The molecule has 2 atom stereocenters. The summed E-state index contributed by atoms with van der Waals surface area (Å²) in [6, 6.07) is 19.2. The lowest BCUT2D eigenvalue weighted by molar-refractivity contribution is -0.171. The van der Waals surface area contributed by atoms with Gasteiger partial charge in [-0.25, -0.2) is 0 Å². The van der Waals surface area contributed by atoms with E-state index in [9.17, 15) is 14.4 Å². The van der Waals surface area contributed by atoms with Crippen LogP contribution in [0.1, 0.15) is 58.1 Å². The molecule has 1 aliphatic rings. The molecule has 1 aliphatic heterocycles. The van der Waals surface area contributed by atoms with Crippen LogP contribution in [0.25, 0.3) is 0 Å². The Hall–Kier alpha value is -3.19. The minimum atomic E-state index is -0.694. The predicted octanol–water partition coefficient (Wildman–Crippen LogP) is 4.88. The molecule has 0 aromatic heterocycles. The van der Waals surface area contributed by atoms with Crippen LogP contribution in [0.5, 0.6) is 0 Å². The van der Waals surface area contributed by atoms with Crippen LogP contribution < -0.4 is 0 Å². The van der Waals surface area contributed by atoms with Gasteiger partial charge >= 0.3 is 11.9 Å². The van der Waals surface area contributed by atoms with Crippen molar-refractivity contribution >= 4 is 17.8 Å². The van der Waals surface area contributed by atoms with Crippen molar-refractivity contribution in [3.63, 3.8) is 0 Å². The maximum Gasteiger partial charge on any atom is 0.308 e. The summed E-state index contributed by atoms with van der Waals surface area (Å²) in [4.78, 5) is 36.5. The molecule has 1 heterocycles. The SMILES string of the molecule is CC(=O)OCc1ccccc1.CCCC(=O)O[C@@H]1OCN(C(=O)CC(C)C)[C@H]1Cc1ccccc1. The second-order valence-corrected chi connectivity index (χ2v) is 8.89. The summed E-state index contributed by atoms with van der Waals surface area (Å²) in [5.41, 5.74) is 2.11. The van der Waals surface area contributed by atoms with Gasteiger partial charge in [0.05, 0.1) is 0 Å². The van der Waals surface area contributed by atoms with Crippen LogP contribution >= 0.6 is 0 Å². The van der Waals surface area contributed by atoms with Gasteiger partial charge in [-0.1, -0.05) is 81.4 Å². The number of amides is 1. The number of nitrogens with zero attached hydrogens (tertiary/aromatic N) is 1. The number of benzene rings is 2. The Morgan fingerprint density at radius 1 is 1.00 bits per heavy atom. The van der Waals surface area contributed by atoms with Gasteiger partial charge in [0.1, 0.15) is 19.4 Å². The molecule has 35 heavy (non-hydrogen) atoms. The van der Waals surface area contributed by atoms with Crippen LogP contribution in [0.3, 0.4) is 0 Å². The molecule has 0 saturated carbocycles. The van der Waals surface area contributed by atoms with Gasteiger partial charge in [-0.15, -0.1) is 0 Å². The third-order valence-electron chi connectivity index (χ3n) is 5.27. The zero-order chi connectivity index (χ0) is 25.6. The second-order valence-electron chi connectivity index (χ2n) is 8.89. The van der Waals surface area contributed by atoms with E-state index in [0.29, 0.717) is 25.9 Å². The average Bonchev–Trinajstić information content (AvgIpc) is 3.21. The predicted molar refractivity (Wildman–Crippen MR) is 133 cm³/mol. The maximum atomic E-state index is 12.5. The van der Waals surface area contributed by atoms with Crippen LogP contribution in [0.15, 0.2) is 60.7 Å². The number of hydrogen-bond donors (Lipinski definition) is 0. The van der Waals surface area contributed by atoms with Crippen molar-refractivity contribution < 1.29 is 28.6 Å². The summed E-state index contributed by atoms with van der Waals surface area (Å²) >= 11 is 0. The first-order valence-electron chi connectivity index (χ1n) is 12.1. The van der Waals surface area contributed by atoms with Crippen molar-refractivity contribution in [3.8, 4) is 0 Å². The molecule has 0 bridgehead atoms. The summed E-state index contributed by atoms with van der Waals surface area (Å²) in [6.07, 6.45) is 1.46. The Bertz CT molecular complexity index is 916. The smallest absolute Gasteiger partial charge is 0.308 e. The van der Waals surface area contributed by atoms with E-state index in [1.165, 1.54) is 6.92 Å². The molecule has 1 fully saturated rings. The molecule has 3 rings (SSSR count). The Morgan fingerprint density at radius 2 is 1.60 bits per heavy atom. The first-order valence-corrected chi connectivity index (χ1v) is 12.1. The van der Waals surface area contributed by atoms with Crippen LogP contribution in [-0.4, -0.2) is 41.8 Å². The first-order chi connectivity index (χ1) is 16.8. The van der Waals surface area contributed by atoms with Crippen LogP contribution in [0.2, 0.25) is 0 Å². The minimum Gasteiger partial charge on any atom is -0.461 e. The summed E-state index contributed by atoms with van der Waals surface area (Å²) < 4.78 is 15.9. The van der Waals surface area contributed by atoms with E-state index in [1.54, 1.807) is 4.90 Å². The largest absolute Gasteiger partial charge is 0.461 e. The molecule has 1 amide bonds. The third kappa shape index (κ3) is 10.3. The Balaban J connectivity index is 0.000000328. The second kappa shape index (κ2) is 14.9. The number of ether oxygens (including phenoxy) is 3. The van der Waals surface area contributed by atoms with Gasteiger partial charge in [-0.2, -0.15) is 0 Å². The summed E-state index contributed by atoms with van der Waals surface area (Å²) in [7, 11) is 0. The molecule has 190 valence electrons. The van der Waals surface area contributed by atoms with Gasteiger partial charge in [-0.05, 0) is 29.9 Å². The first kappa shape index (κ1) is 28.1. The number of hydrogen-bond acceptors (Lipinski definition) is 6. The lowest BCUT2D eigenvalue weighted by Gasteiger charge is -2.26. The van der Waals surface area contributed by atoms with Gasteiger partial charge in [0.25, 0.3) is 0 Å². The van der Waals surface area contributed by atoms with E-state index in [2.05, 4.69) is 0 Å². The van der Waals surface area contributed by atoms with Gasteiger partial charge < -0.3 is 19.1 Å². The molecule has 2 aromatic rings.